The Morgan fingerprint density at radius 1 is 0.971 bits per heavy atom. The van der Waals surface area contributed by atoms with Gasteiger partial charge in [0.05, 0.1) is 11.0 Å². The normalized spacial score (nSPS) is 16.8. The van der Waals surface area contributed by atoms with E-state index in [4.69, 9.17) is 5.11 Å². The van der Waals surface area contributed by atoms with Crippen LogP contribution in [0.3, 0.4) is 0 Å². The molecule has 0 radical (unpaired) electrons. The van der Waals surface area contributed by atoms with Crippen LogP contribution in [-0.4, -0.2) is 23.2 Å². The van der Waals surface area contributed by atoms with E-state index in [-0.39, 0.29) is 23.7 Å². The fourth-order valence-electron chi connectivity index (χ4n) is 4.40. The van der Waals surface area contributed by atoms with Crippen molar-refractivity contribution in [2.75, 3.05) is 0 Å². The molecule has 34 heavy (non-hydrogen) atoms. The molecule has 5 rings (SSSR count). The van der Waals surface area contributed by atoms with E-state index < -0.39 is 29.1 Å². The number of alkyl halides is 2. The molecule has 5 nitrogen and oxygen atoms in total. The zero-order valence-corrected chi connectivity index (χ0v) is 18.0. The van der Waals surface area contributed by atoms with Crippen LogP contribution in [0.4, 0.5) is 13.2 Å². The number of aromatic carboxylic acids is 1. The maximum atomic E-state index is 14.2. The van der Waals surface area contributed by atoms with Gasteiger partial charge in [0.1, 0.15) is 11.6 Å². The molecular formula is C26H19F3O5. The summed E-state index contributed by atoms with van der Waals surface area (Å²) in [6, 6.07) is 13.8. The molecule has 0 bridgehead atoms. The van der Waals surface area contributed by atoms with Gasteiger partial charge >= 0.3 is 12.3 Å². The number of hydrogen-bond acceptors (Lipinski definition) is 4. The summed E-state index contributed by atoms with van der Waals surface area (Å²) in [5, 5.41) is 9.05. The largest absolute Gasteiger partial charge is 0.586 e. The summed E-state index contributed by atoms with van der Waals surface area (Å²) in [4.78, 5) is 24.4. The van der Waals surface area contributed by atoms with E-state index in [0.29, 0.717) is 35.1 Å². The van der Waals surface area contributed by atoms with E-state index in [0.717, 1.165) is 5.56 Å². The van der Waals surface area contributed by atoms with E-state index in [1.165, 1.54) is 30.3 Å². The van der Waals surface area contributed by atoms with Crippen LogP contribution in [-0.2, 0) is 16.6 Å². The molecule has 1 saturated carbocycles. The van der Waals surface area contributed by atoms with Crippen LogP contribution in [0.2, 0.25) is 0 Å². The second-order valence-corrected chi connectivity index (χ2v) is 8.66. The monoisotopic (exact) mass is 468 g/mol. The number of carbonyl (C=O) groups excluding carboxylic acids is 1. The lowest BCUT2D eigenvalue weighted by Crippen LogP contribution is -2.26. The van der Waals surface area contributed by atoms with E-state index in [9.17, 15) is 22.8 Å². The SMILES string of the molecule is Cc1ccc(CC(=O)C2(c3ccc4c(c3)OC(F)(F)O4)CC2)cc1-c1ccc(C(=O)O)c(F)c1. The van der Waals surface area contributed by atoms with Gasteiger partial charge in [0.15, 0.2) is 11.5 Å². The van der Waals surface area contributed by atoms with Crippen molar-refractivity contribution in [3.63, 3.8) is 0 Å². The lowest BCUT2D eigenvalue weighted by Gasteiger charge is -2.16. The molecule has 1 N–H and O–H groups in total. The first-order chi connectivity index (χ1) is 16.1. The first-order valence-corrected chi connectivity index (χ1v) is 10.6. The van der Waals surface area contributed by atoms with Crippen molar-refractivity contribution < 1.29 is 37.3 Å². The van der Waals surface area contributed by atoms with Crippen LogP contribution in [0.1, 0.15) is 39.9 Å². The maximum absolute atomic E-state index is 14.2. The second-order valence-electron chi connectivity index (χ2n) is 8.66. The molecule has 174 valence electrons. The Bertz CT molecular complexity index is 1340. The summed E-state index contributed by atoms with van der Waals surface area (Å²) < 4.78 is 49.9. The third-order valence-electron chi connectivity index (χ3n) is 6.41. The zero-order valence-electron chi connectivity index (χ0n) is 18.0. The van der Waals surface area contributed by atoms with Crippen molar-refractivity contribution in [3.8, 4) is 22.6 Å². The van der Waals surface area contributed by atoms with Crippen molar-refractivity contribution in [2.24, 2.45) is 0 Å². The van der Waals surface area contributed by atoms with Gasteiger partial charge < -0.3 is 14.6 Å². The first kappa shape index (κ1) is 22.0. The smallest absolute Gasteiger partial charge is 0.478 e. The van der Waals surface area contributed by atoms with Gasteiger partial charge in [-0.05, 0) is 71.8 Å². The average molecular weight is 468 g/mol. The third kappa shape index (κ3) is 3.79. The molecule has 1 fully saturated rings. The van der Waals surface area contributed by atoms with Crippen LogP contribution in [0.15, 0.2) is 54.6 Å². The molecule has 2 aliphatic rings. The Balaban J connectivity index is 1.40. The summed E-state index contributed by atoms with van der Waals surface area (Å²) in [5.74, 6) is -2.40. The summed E-state index contributed by atoms with van der Waals surface area (Å²) in [5.41, 5.74) is 2.18. The van der Waals surface area contributed by atoms with Crippen molar-refractivity contribution in [1.82, 2.24) is 0 Å². The van der Waals surface area contributed by atoms with Gasteiger partial charge in [-0.25, -0.2) is 9.18 Å². The highest BCUT2D eigenvalue weighted by atomic mass is 19.3. The first-order valence-electron chi connectivity index (χ1n) is 10.6. The number of ketones is 1. The van der Waals surface area contributed by atoms with Crippen molar-refractivity contribution >= 4 is 11.8 Å². The summed E-state index contributed by atoms with van der Waals surface area (Å²) >= 11 is 0. The van der Waals surface area contributed by atoms with Crippen LogP contribution in [0.5, 0.6) is 11.5 Å². The van der Waals surface area contributed by atoms with Gasteiger partial charge in [-0.3, -0.25) is 4.79 Å². The number of rotatable bonds is 6. The number of halogens is 3. The van der Waals surface area contributed by atoms with E-state index in [1.54, 1.807) is 12.1 Å². The van der Waals surface area contributed by atoms with E-state index in [2.05, 4.69) is 9.47 Å². The van der Waals surface area contributed by atoms with E-state index >= 15 is 0 Å². The topological polar surface area (TPSA) is 72.8 Å². The van der Waals surface area contributed by atoms with Gasteiger partial charge in [0, 0.05) is 6.42 Å². The minimum atomic E-state index is -3.72. The molecule has 1 heterocycles. The summed E-state index contributed by atoms with van der Waals surface area (Å²) in [6.45, 7) is 1.84. The minimum absolute atomic E-state index is 0.0552. The molecule has 1 aliphatic heterocycles. The number of carboxylic acid groups (broad SMARTS) is 1. The summed E-state index contributed by atoms with van der Waals surface area (Å²) in [6.07, 6.45) is -2.42. The molecular weight excluding hydrogens is 449 g/mol. The molecule has 3 aromatic carbocycles. The fourth-order valence-corrected chi connectivity index (χ4v) is 4.40. The standard InChI is InChI=1S/C26H19F3O5/c1-14-2-3-15(10-19(14)16-4-6-18(24(31)32)20(27)12-16)11-23(30)25(8-9-25)17-5-7-21-22(13-17)34-26(28,29)33-21/h2-7,10,12-13H,8-9,11H2,1H3,(H,31,32). The lowest BCUT2D eigenvalue weighted by atomic mass is 9.87. The van der Waals surface area contributed by atoms with Gasteiger partial charge in [0.25, 0.3) is 0 Å². The Morgan fingerprint density at radius 3 is 2.38 bits per heavy atom. The minimum Gasteiger partial charge on any atom is -0.478 e. The van der Waals surface area contributed by atoms with Crippen molar-refractivity contribution in [3.05, 3.63) is 82.7 Å². The number of Topliss-reactive ketones (excluding diaryl/α,β-unsaturated/α-hetero) is 1. The van der Waals surface area contributed by atoms with Gasteiger partial charge in [0.2, 0.25) is 0 Å². The van der Waals surface area contributed by atoms with Crippen LogP contribution < -0.4 is 9.47 Å². The number of fused-ring (bicyclic) bond motifs is 1. The number of hydrogen-bond donors (Lipinski definition) is 1. The van der Waals surface area contributed by atoms with Crippen molar-refractivity contribution in [2.45, 2.75) is 37.9 Å². The number of carbonyl (C=O) groups is 2. The average Bonchev–Trinajstić information content (AvgIpc) is 3.52. The molecule has 0 spiro atoms. The molecule has 0 atom stereocenters. The number of ether oxygens (including phenoxy) is 2. The van der Waals surface area contributed by atoms with Crippen molar-refractivity contribution in [1.29, 1.82) is 0 Å². The van der Waals surface area contributed by atoms with Gasteiger partial charge in [-0.1, -0.05) is 30.3 Å². The molecule has 3 aromatic rings. The third-order valence-corrected chi connectivity index (χ3v) is 6.41. The van der Waals surface area contributed by atoms with Gasteiger partial charge in [-0.15, -0.1) is 8.78 Å². The highest BCUT2D eigenvalue weighted by molar-refractivity contribution is 5.95. The number of aryl methyl sites for hydroxylation is 1. The van der Waals surface area contributed by atoms with Crippen LogP contribution in [0.25, 0.3) is 11.1 Å². The molecule has 1 aliphatic carbocycles. The Hall–Kier alpha value is -3.81. The van der Waals surface area contributed by atoms with Crippen LogP contribution >= 0.6 is 0 Å². The summed E-state index contributed by atoms with van der Waals surface area (Å²) in [7, 11) is 0. The highest BCUT2D eigenvalue weighted by Gasteiger charge is 2.52. The molecule has 0 aromatic heterocycles. The predicted molar refractivity (Wildman–Crippen MR) is 116 cm³/mol. The Labute approximate surface area is 192 Å². The fraction of sp³-hybridized carbons (Fsp3) is 0.231. The zero-order chi connectivity index (χ0) is 24.3. The molecule has 8 heteroatoms. The lowest BCUT2D eigenvalue weighted by molar-refractivity contribution is -0.286. The quantitative estimate of drug-likeness (QED) is 0.505. The highest BCUT2D eigenvalue weighted by Crippen LogP contribution is 2.52. The number of benzene rings is 3. The van der Waals surface area contributed by atoms with Gasteiger partial charge in [-0.2, -0.15) is 0 Å². The van der Waals surface area contributed by atoms with E-state index in [1.807, 2.05) is 19.1 Å². The number of carboxylic acids is 1. The molecule has 0 amide bonds. The molecule has 0 saturated heterocycles. The second kappa shape index (κ2) is 7.62. The Morgan fingerprint density at radius 2 is 1.71 bits per heavy atom. The predicted octanol–water partition coefficient (Wildman–Crippen LogP) is 5.66. The molecule has 0 unspecified atom stereocenters. The maximum Gasteiger partial charge on any atom is 0.586 e. The van der Waals surface area contributed by atoms with Crippen LogP contribution in [0, 0.1) is 12.7 Å². The Kier molecular flexibility index (Phi) is 4.93.